The summed E-state index contributed by atoms with van der Waals surface area (Å²) in [5.41, 5.74) is -0.117. The number of ether oxygens (including phenoxy) is 2. The molecule has 1 aliphatic heterocycles. The molecule has 4 heteroatoms. The lowest BCUT2D eigenvalue weighted by atomic mass is 9.85. The molecule has 1 rings (SSSR count). The second-order valence-electron chi connectivity index (χ2n) is 4.37. The number of esters is 1. The van der Waals surface area contributed by atoms with Gasteiger partial charge in [-0.1, -0.05) is 20.8 Å². The average molecular weight is 199 g/mol. The van der Waals surface area contributed by atoms with Gasteiger partial charge in [-0.05, 0) is 6.92 Å². The summed E-state index contributed by atoms with van der Waals surface area (Å²) in [6.07, 6.45) is 1.12. The Kier molecular flexibility index (Phi) is 3.13. The molecule has 0 fully saturated rings. The van der Waals surface area contributed by atoms with Gasteiger partial charge < -0.3 is 9.47 Å². The molecule has 0 aromatic heterocycles. The maximum atomic E-state index is 11.5. The van der Waals surface area contributed by atoms with Crippen LogP contribution in [-0.4, -0.2) is 31.1 Å². The fourth-order valence-electron chi connectivity index (χ4n) is 1.41. The normalized spacial score (nSPS) is 26.0. The summed E-state index contributed by atoms with van der Waals surface area (Å²) in [5.74, 6) is -0.304. The first-order valence-electron chi connectivity index (χ1n) is 4.80. The Morgan fingerprint density at radius 2 is 2.21 bits per heavy atom. The number of hydrogen-bond donors (Lipinski definition) is 0. The molecule has 0 saturated carbocycles. The molecule has 1 aliphatic rings. The van der Waals surface area contributed by atoms with Crippen LogP contribution < -0.4 is 0 Å². The van der Waals surface area contributed by atoms with Gasteiger partial charge in [-0.25, -0.2) is 9.79 Å². The summed E-state index contributed by atoms with van der Waals surface area (Å²) < 4.78 is 10.2. The van der Waals surface area contributed by atoms with E-state index in [2.05, 4.69) is 4.99 Å². The van der Waals surface area contributed by atoms with E-state index in [4.69, 9.17) is 9.47 Å². The first-order valence-corrected chi connectivity index (χ1v) is 4.80. The minimum absolute atomic E-state index is 0.117. The highest BCUT2D eigenvalue weighted by Gasteiger charge is 2.41. The monoisotopic (exact) mass is 199 g/mol. The highest BCUT2D eigenvalue weighted by atomic mass is 16.5. The van der Waals surface area contributed by atoms with E-state index in [9.17, 15) is 4.79 Å². The van der Waals surface area contributed by atoms with Gasteiger partial charge in [0.15, 0.2) is 12.4 Å². The summed E-state index contributed by atoms with van der Waals surface area (Å²) in [6, 6.07) is -0.505. The van der Waals surface area contributed by atoms with Crippen LogP contribution in [0.15, 0.2) is 4.99 Å². The fourth-order valence-corrected chi connectivity index (χ4v) is 1.41. The van der Waals surface area contributed by atoms with E-state index in [-0.39, 0.29) is 17.5 Å². The van der Waals surface area contributed by atoms with E-state index in [1.54, 1.807) is 6.92 Å². The molecule has 0 aromatic rings. The number of nitrogens with zero attached hydrogens (tertiary/aromatic N) is 1. The van der Waals surface area contributed by atoms with Crippen molar-refractivity contribution in [3.05, 3.63) is 0 Å². The van der Waals surface area contributed by atoms with Crippen LogP contribution in [0.1, 0.15) is 27.7 Å². The number of carbonyl (C=O) groups is 1. The van der Waals surface area contributed by atoms with Crippen LogP contribution >= 0.6 is 0 Å². The summed E-state index contributed by atoms with van der Waals surface area (Å²) in [5, 5.41) is 0. The van der Waals surface area contributed by atoms with E-state index < -0.39 is 6.04 Å². The molecule has 0 bridgehead atoms. The summed E-state index contributed by atoms with van der Waals surface area (Å²) in [4.78, 5) is 15.5. The molecular formula is C10H17NO3. The number of hydrogen-bond acceptors (Lipinski definition) is 4. The third-order valence-corrected chi connectivity index (χ3v) is 2.10. The Morgan fingerprint density at radius 1 is 1.57 bits per heavy atom. The molecule has 4 nitrogen and oxygen atoms in total. The Labute approximate surface area is 84.3 Å². The molecule has 1 heterocycles. The average Bonchev–Trinajstić information content (AvgIpc) is 2.50. The number of rotatable bonds is 2. The summed E-state index contributed by atoms with van der Waals surface area (Å²) in [7, 11) is 0. The highest BCUT2D eigenvalue weighted by molar-refractivity contribution is 5.80. The van der Waals surface area contributed by atoms with Crippen molar-refractivity contribution < 1.29 is 14.3 Å². The molecule has 0 amide bonds. The molecular weight excluding hydrogens is 182 g/mol. The van der Waals surface area contributed by atoms with E-state index in [1.165, 1.54) is 6.40 Å². The van der Waals surface area contributed by atoms with Gasteiger partial charge in [0.1, 0.15) is 6.10 Å². The minimum atomic E-state index is -0.505. The van der Waals surface area contributed by atoms with Gasteiger partial charge in [0.05, 0.1) is 6.61 Å². The van der Waals surface area contributed by atoms with Crippen LogP contribution in [0.25, 0.3) is 0 Å². The lowest BCUT2D eigenvalue weighted by Gasteiger charge is -2.28. The predicted molar refractivity (Wildman–Crippen MR) is 53.2 cm³/mol. The first kappa shape index (κ1) is 11.0. The Bertz CT molecular complexity index is 242. The predicted octanol–water partition coefficient (Wildman–Crippen LogP) is 1.39. The van der Waals surface area contributed by atoms with Crippen LogP contribution in [0.3, 0.4) is 0 Å². The third-order valence-electron chi connectivity index (χ3n) is 2.10. The molecule has 2 atom stereocenters. The van der Waals surface area contributed by atoms with Gasteiger partial charge in [-0.15, -0.1) is 0 Å². The van der Waals surface area contributed by atoms with E-state index in [0.717, 1.165) is 0 Å². The van der Waals surface area contributed by atoms with Crippen LogP contribution in [0, 0.1) is 5.41 Å². The summed E-state index contributed by atoms with van der Waals surface area (Å²) >= 11 is 0. The Morgan fingerprint density at radius 3 is 2.71 bits per heavy atom. The van der Waals surface area contributed by atoms with Crippen molar-refractivity contribution in [1.29, 1.82) is 0 Å². The largest absolute Gasteiger partial charge is 0.477 e. The second-order valence-corrected chi connectivity index (χ2v) is 4.37. The molecule has 0 N–H and O–H groups in total. The first-order chi connectivity index (χ1) is 6.46. The van der Waals surface area contributed by atoms with Crippen LogP contribution in [0.4, 0.5) is 0 Å². The molecule has 0 saturated heterocycles. The second kappa shape index (κ2) is 3.98. The molecule has 0 radical (unpaired) electrons. The number of carbonyl (C=O) groups excluding carboxylic acids is 1. The molecule has 80 valence electrons. The van der Waals surface area contributed by atoms with E-state index in [1.807, 2.05) is 20.8 Å². The van der Waals surface area contributed by atoms with Crippen molar-refractivity contribution in [3.63, 3.8) is 0 Å². The molecule has 0 spiro atoms. The van der Waals surface area contributed by atoms with Gasteiger partial charge >= 0.3 is 5.97 Å². The summed E-state index contributed by atoms with van der Waals surface area (Å²) in [6.45, 7) is 8.20. The van der Waals surface area contributed by atoms with Crippen molar-refractivity contribution in [2.75, 3.05) is 6.61 Å². The lowest BCUT2D eigenvalue weighted by molar-refractivity contribution is -0.147. The maximum Gasteiger partial charge on any atom is 0.334 e. The van der Waals surface area contributed by atoms with Gasteiger partial charge in [-0.2, -0.15) is 0 Å². The Balaban J connectivity index is 2.68. The van der Waals surface area contributed by atoms with Crippen molar-refractivity contribution in [2.24, 2.45) is 10.4 Å². The lowest BCUT2D eigenvalue weighted by Crippen LogP contribution is -2.40. The van der Waals surface area contributed by atoms with Crippen molar-refractivity contribution in [3.8, 4) is 0 Å². The van der Waals surface area contributed by atoms with Gasteiger partial charge in [0.2, 0.25) is 0 Å². The van der Waals surface area contributed by atoms with Crippen molar-refractivity contribution >= 4 is 12.4 Å². The molecule has 14 heavy (non-hydrogen) atoms. The molecule has 1 unspecified atom stereocenters. The smallest absolute Gasteiger partial charge is 0.334 e. The van der Waals surface area contributed by atoms with Gasteiger partial charge in [0, 0.05) is 5.41 Å². The zero-order valence-corrected chi connectivity index (χ0v) is 9.11. The third kappa shape index (κ3) is 2.25. The molecule has 0 aromatic carbocycles. The quantitative estimate of drug-likeness (QED) is 0.631. The van der Waals surface area contributed by atoms with Gasteiger partial charge in [-0.3, -0.25) is 0 Å². The van der Waals surface area contributed by atoms with Crippen LogP contribution in [0.2, 0.25) is 0 Å². The molecule has 0 aliphatic carbocycles. The minimum Gasteiger partial charge on any atom is -0.477 e. The fraction of sp³-hybridized carbons (Fsp3) is 0.800. The van der Waals surface area contributed by atoms with Crippen molar-refractivity contribution in [2.45, 2.75) is 39.8 Å². The van der Waals surface area contributed by atoms with Gasteiger partial charge in [0.25, 0.3) is 0 Å². The maximum absolute atomic E-state index is 11.5. The zero-order chi connectivity index (χ0) is 10.8. The van der Waals surface area contributed by atoms with Crippen molar-refractivity contribution in [1.82, 2.24) is 0 Å². The van der Waals surface area contributed by atoms with E-state index in [0.29, 0.717) is 6.61 Å². The van der Waals surface area contributed by atoms with Crippen LogP contribution in [-0.2, 0) is 14.3 Å². The van der Waals surface area contributed by atoms with E-state index >= 15 is 0 Å². The SMILES string of the molecule is CCOC(=O)[C@@H]1N=COC1C(C)(C)C. The Hall–Kier alpha value is -1.06. The zero-order valence-electron chi connectivity index (χ0n) is 9.11. The number of aliphatic imine (C=N–C) groups is 1. The highest BCUT2D eigenvalue weighted by Crippen LogP contribution is 2.29. The topological polar surface area (TPSA) is 47.9 Å². The van der Waals surface area contributed by atoms with Crippen LogP contribution in [0.5, 0.6) is 0 Å². The standard InChI is InChI=1S/C10H17NO3/c1-5-13-9(12)7-8(10(2,3)4)14-6-11-7/h6-8H,5H2,1-4H3/t7-,8?/m1/s1.